The molecule has 1 aromatic carbocycles. The molecular formula is C20H20N4O3S. The Morgan fingerprint density at radius 2 is 2.07 bits per heavy atom. The lowest BCUT2D eigenvalue weighted by Crippen LogP contribution is -2.27. The molecule has 2 heterocycles. The molecule has 0 aliphatic rings. The smallest absolute Gasteiger partial charge is 0.252 e. The highest BCUT2D eigenvalue weighted by Crippen LogP contribution is 2.19. The fourth-order valence-electron chi connectivity index (χ4n) is 2.58. The van der Waals surface area contributed by atoms with Crippen molar-refractivity contribution in [2.24, 2.45) is 0 Å². The van der Waals surface area contributed by atoms with Gasteiger partial charge in [-0.05, 0) is 30.0 Å². The van der Waals surface area contributed by atoms with E-state index < -0.39 is 0 Å². The maximum absolute atomic E-state index is 12.1. The number of carbonyl (C=O) groups excluding carboxylic acids is 2. The highest BCUT2D eigenvalue weighted by atomic mass is 32.1. The summed E-state index contributed by atoms with van der Waals surface area (Å²) in [5.74, 6) is 0.0527. The molecule has 0 saturated heterocycles. The van der Waals surface area contributed by atoms with Gasteiger partial charge in [0.1, 0.15) is 5.82 Å². The molecule has 0 saturated carbocycles. The molecule has 0 bridgehead atoms. The molecule has 144 valence electrons. The Labute approximate surface area is 165 Å². The van der Waals surface area contributed by atoms with Crippen LogP contribution in [0.4, 0.5) is 5.69 Å². The van der Waals surface area contributed by atoms with Crippen LogP contribution in [-0.2, 0) is 11.2 Å². The second-order valence-electron chi connectivity index (χ2n) is 6.09. The molecule has 3 aromatic rings. The van der Waals surface area contributed by atoms with Gasteiger partial charge in [-0.1, -0.05) is 19.1 Å². The Hall–Kier alpha value is -3.26. The highest BCUT2D eigenvalue weighted by molar-refractivity contribution is 7.08. The molecule has 0 unspecified atom stereocenters. The average Bonchev–Trinajstić information content (AvgIpc) is 3.22. The van der Waals surface area contributed by atoms with Gasteiger partial charge in [-0.2, -0.15) is 11.3 Å². The summed E-state index contributed by atoms with van der Waals surface area (Å²) in [6, 6.07) is 10.3. The molecule has 0 aliphatic heterocycles. The summed E-state index contributed by atoms with van der Waals surface area (Å²) in [4.78, 5) is 42.9. The minimum Gasteiger partial charge on any atom is -0.351 e. The van der Waals surface area contributed by atoms with Crippen molar-refractivity contribution in [2.45, 2.75) is 19.8 Å². The number of amides is 2. The van der Waals surface area contributed by atoms with E-state index in [1.54, 1.807) is 29.6 Å². The van der Waals surface area contributed by atoms with E-state index >= 15 is 0 Å². The minimum atomic E-state index is -0.216. The van der Waals surface area contributed by atoms with E-state index in [1.807, 2.05) is 18.4 Å². The summed E-state index contributed by atoms with van der Waals surface area (Å²) in [6.07, 6.45) is 0.810. The molecule has 0 atom stereocenters. The quantitative estimate of drug-likeness (QED) is 0.571. The molecule has 0 spiro atoms. The molecule has 3 N–H and O–H groups in total. The van der Waals surface area contributed by atoms with Gasteiger partial charge in [-0.25, -0.2) is 4.98 Å². The number of aromatic nitrogens is 2. The summed E-state index contributed by atoms with van der Waals surface area (Å²) in [5.41, 5.74) is 2.38. The number of H-pyrrole nitrogens is 1. The molecule has 0 aliphatic carbocycles. The van der Waals surface area contributed by atoms with Crippen LogP contribution in [0, 0.1) is 0 Å². The van der Waals surface area contributed by atoms with Gasteiger partial charge in [0.2, 0.25) is 5.91 Å². The van der Waals surface area contributed by atoms with Crippen molar-refractivity contribution in [3.05, 3.63) is 68.8 Å². The van der Waals surface area contributed by atoms with Gasteiger partial charge in [0.05, 0.1) is 0 Å². The lowest BCUT2D eigenvalue weighted by atomic mass is 10.1. The van der Waals surface area contributed by atoms with E-state index in [0.717, 1.165) is 0 Å². The van der Waals surface area contributed by atoms with Crippen LogP contribution >= 0.6 is 11.3 Å². The van der Waals surface area contributed by atoms with Crippen LogP contribution in [-0.4, -0.2) is 28.3 Å². The van der Waals surface area contributed by atoms with Gasteiger partial charge in [0.15, 0.2) is 0 Å². The SMILES string of the molecule is CCc1cc(=O)[nH]c(-c2cccc(NC(=O)CCNC(=O)c3ccsc3)c2)n1. The zero-order valence-corrected chi connectivity index (χ0v) is 16.1. The molecule has 0 fully saturated rings. The fourth-order valence-corrected chi connectivity index (χ4v) is 3.21. The summed E-state index contributed by atoms with van der Waals surface area (Å²) >= 11 is 1.44. The largest absolute Gasteiger partial charge is 0.351 e. The van der Waals surface area contributed by atoms with Gasteiger partial charge in [-0.15, -0.1) is 0 Å². The number of carbonyl (C=O) groups is 2. The third-order valence-corrected chi connectivity index (χ3v) is 4.68. The van der Waals surface area contributed by atoms with E-state index in [9.17, 15) is 14.4 Å². The third-order valence-electron chi connectivity index (χ3n) is 4.00. The lowest BCUT2D eigenvalue weighted by Gasteiger charge is -2.08. The first-order chi connectivity index (χ1) is 13.5. The number of nitrogens with zero attached hydrogens (tertiary/aromatic N) is 1. The molecule has 8 heteroatoms. The number of hydrogen-bond donors (Lipinski definition) is 3. The first-order valence-corrected chi connectivity index (χ1v) is 9.80. The summed E-state index contributed by atoms with van der Waals surface area (Å²) < 4.78 is 0. The number of nitrogens with one attached hydrogen (secondary N) is 3. The number of hydrogen-bond acceptors (Lipinski definition) is 5. The first-order valence-electron chi connectivity index (χ1n) is 8.86. The van der Waals surface area contributed by atoms with Crippen LogP contribution in [0.25, 0.3) is 11.4 Å². The highest BCUT2D eigenvalue weighted by Gasteiger charge is 2.09. The molecule has 2 aromatic heterocycles. The number of rotatable bonds is 7. The van der Waals surface area contributed by atoms with Crippen molar-refractivity contribution in [3.8, 4) is 11.4 Å². The lowest BCUT2D eigenvalue weighted by molar-refractivity contribution is -0.116. The van der Waals surface area contributed by atoms with Gasteiger partial charge >= 0.3 is 0 Å². The fraction of sp³-hybridized carbons (Fsp3) is 0.200. The Kier molecular flexibility index (Phi) is 6.33. The normalized spacial score (nSPS) is 10.5. The standard InChI is InChI=1S/C20H20N4O3S/c1-2-15-11-18(26)24-19(23-15)13-4-3-5-16(10-13)22-17(25)6-8-21-20(27)14-7-9-28-12-14/h3-5,7,9-12H,2,6,8H2,1H3,(H,21,27)(H,22,25)(H,23,24,26). The van der Waals surface area contributed by atoms with E-state index in [4.69, 9.17) is 0 Å². The molecule has 7 nitrogen and oxygen atoms in total. The maximum atomic E-state index is 12.1. The van der Waals surface area contributed by atoms with Crippen molar-refractivity contribution >= 4 is 28.8 Å². The molecule has 0 radical (unpaired) electrons. The zero-order valence-electron chi connectivity index (χ0n) is 15.3. The Morgan fingerprint density at radius 3 is 2.82 bits per heavy atom. The summed E-state index contributed by atoms with van der Waals surface area (Å²) in [5, 5.41) is 9.09. The van der Waals surface area contributed by atoms with E-state index in [1.165, 1.54) is 17.4 Å². The first kappa shape index (κ1) is 19.5. The second-order valence-corrected chi connectivity index (χ2v) is 6.87. The van der Waals surface area contributed by atoms with Crippen LogP contribution < -0.4 is 16.2 Å². The van der Waals surface area contributed by atoms with Crippen molar-refractivity contribution in [2.75, 3.05) is 11.9 Å². The van der Waals surface area contributed by atoms with Crippen molar-refractivity contribution < 1.29 is 9.59 Å². The van der Waals surface area contributed by atoms with Crippen LogP contribution in [0.3, 0.4) is 0 Å². The Balaban J connectivity index is 1.60. The third kappa shape index (κ3) is 5.14. The van der Waals surface area contributed by atoms with Crippen molar-refractivity contribution in [1.29, 1.82) is 0 Å². The number of thiophene rings is 1. The molecular weight excluding hydrogens is 376 g/mol. The van der Waals surface area contributed by atoms with E-state index in [2.05, 4.69) is 20.6 Å². The van der Waals surface area contributed by atoms with Gasteiger partial charge < -0.3 is 15.6 Å². The van der Waals surface area contributed by atoms with Gasteiger partial charge in [0.25, 0.3) is 11.5 Å². The zero-order chi connectivity index (χ0) is 19.9. The monoisotopic (exact) mass is 396 g/mol. The second kappa shape index (κ2) is 9.09. The molecule has 3 rings (SSSR count). The maximum Gasteiger partial charge on any atom is 0.252 e. The van der Waals surface area contributed by atoms with Crippen LogP contribution in [0.15, 0.2) is 52.0 Å². The summed E-state index contributed by atoms with van der Waals surface area (Å²) in [6.45, 7) is 2.17. The topological polar surface area (TPSA) is 104 Å². The number of anilines is 1. The molecule has 28 heavy (non-hydrogen) atoms. The van der Waals surface area contributed by atoms with Crippen molar-refractivity contribution in [3.63, 3.8) is 0 Å². The Morgan fingerprint density at radius 1 is 1.21 bits per heavy atom. The van der Waals surface area contributed by atoms with Crippen LogP contribution in [0.2, 0.25) is 0 Å². The average molecular weight is 396 g/mol. The van der Waals surface area contributed by atoms with Gasteiger partial charge in [0, 0.05) is 46.9 Å². The summed E-state index contributed by atoms with van der Waals surface area (Å²) in [7, 11) is 0. The Bertz CT molecular complexity index is 1030. The van der Waals surface area contributed by atoms with Crippen molar-refractivity contribution in [1.82, 2.24) is 15.3 Å². The number of aromatic amines is 1. The predicted molar refractivity (Wildman–Crippen MR) is 110 cm³/mol. The minimum absolute atomic E-state index is 0.153. The predicted octanol–water partition coefficient (Wildman–Crippen LogP) is 2.82. The number of benzene rings is 1. The van der Waals surface area contributed by atoms with Crippen LogP contribution in [0.1, 0.15) is 29.4 Å². The van der Waals surface area contributed by atoms with E-state index in [-0.39, 0.29) is 30.3 Å². The van der Waals surface area contributed by atoms with Gasteiger partial charge in [-0.3, -0.25) is 14.4 Å². The van der Waals surface area contributed by atoms with Crippen LogP contribution in [0.5, 0.6) is 0 Å². The number of aryl methyl sites for hydroxylation is 1. The van der Waals surface area contributed by atoms with E-state index in [0.29, 0.717) is 34.8 Å². The molecule has 2 amide bonds.